The normalized spacial score (nSPS) is 26.8. The molecular weight excluding hydrogens is 417 g/mol. The van der Waals surface area contributed by atoms with Crippen molar-refractivity contribution in [2.24, 2.45) is 5.41 Å². The Hall–Kier alpha value is -1.77. The number of likely N-dealkylation sites (tertiary alicyclic amines) is 2. The van der Waals surface area contributed by atoms with Crippen LogP contribution in [0.4, 0.5) is 18.0 Å². The van der Waals surface area contributed by atoms with Crippen LogP contribution in [0.2, 0.25) is 0 Å². The van der Waals surface area contributed by atoms with E-state index in [1.165, 1.54) is 0 Å². The van der Waals surface area contributed by atoms with Crippen molar-refractivity contribution in [3.05, 3.63) is 35.4 Å². The predicted molar refractivity (Wildman–Crippen MR) is 105 cm³/mol. The summed E-state index contributed by atoms with van der Waals surface area (Å²) in [5.41, 5.74) is -0.466. The van der Waals surface area contributed by atoms with Crippen LogP contribution in [0, 0.1) is 5.41 Å². The molecule has 2 amide bonds. The summed E-state index contributed by atoms with van der Waals surface area (Å²) in [4.78, 5) is 16.3. The highest BCUT2D eigenvalue weighted by Crippen LogP contribution is 2.59. The third kappa shape index (κ3) is 3.20. The minimum absolute atomic E-state index is 0.0195. The van der Waals surface area contributed by atoms with Gasteiger partial charge in [0.25, 0.3) is 0 Å². The van der Waals surface area contributed by atoms with Gasteiger partial charge in [-0.1, -0.05) is 24.3 Å². The van der Waals surface area contributed by atoms with Gasteiger partial charge in [0, 0.05) is 37.5 Å². The summed E-state index contributed by atoms with van der Waals surface area (Å²) in [6.45, 7) is 2.31. The number of sulfone groups is 1. The molecule has 9 heteroatoms. The van der Waals surface area contributed by atoms with Crippen molar-refractivity contribution in [3.8, 4) is 0 Å². The molecule has 30 heavy (non-hydrogen) atoms. The molecule has 1 aromatic rings. The summed E-state index contributed by atoms with van der Waals surface area (Å²) in [5.74, 6) is 0.649. The average Bonchev–Trinajstić information content (AvgIpc) is 3.42. The lowest BCUT2D eigenvalue weighted by Crippen LogP contribution is -2.59. The van der Waals surface area contributed by atoms with E-state index in [-0.39, 0.29) is 41.7 Å². The number of piperidine rings is 1. The predicted octanol–water partition coefficient (Wildman–Crippen LogP) is 3.31. The number of carbonyl (C=O) groups excluding carboxylic acids is 1. The third-order valence-electron chi connectivity index (χ3n) is 7.53. The molecule has 5 rings (SSSR count). The Bertz CT molecular complexity index is 942. The van der Waals surface area contributed by atoms with E-state index in [1.807, 2.05) is 0 Å². The van der Waals surface area contributed by atoms with Gasteiger partial charge in [0.2, 0.25) is 0 Å². The zero-order chi connectivity index (χ0) is 21.4. The number of hydrogen-bond acceptors (Lipinski definition) is 3. The summed E-state index contributed by atoms with van der Waals surface area (Å²) in [5, 5.41) is 0. The van der Waals surface area contributed by atoms with Crippen molar-refractivity contribution in [1.29, 1.82) is 0 Å². The van der Waals surface area contributed by atoms with Crippen LogP contribution in [0.25, 0.3) is 0 Å². The number of hydrogen-bond donors (Lipinski definition) is 0. The van der Waals surface area contributed by atoms with Crippen LogP contribution >= 0.6 is 0 Å². The van der Waals surface area contributed by atoms with Crippen LogP contribution in [0.1, 0.15) is 42.7 Å². The molecule has 3 saturated heterocycles. The summed E-state index contributed by atoms with van der Waals surface area (Å²) < 4.78 is 62.8. The first-order valence-electron chi connectivity index (χ1n) is 10.4. The van der Waals surface area contributed by atoms with Gasteiger partial charge in [-0.15, -0.1) is 0 Å². The molecular formula is C21H25F3N2O3S. The second-order valence-electron chi connectivity index (χ2n) is 9.61. The number of urea groups is 1. The fourth-order valence-corrected chi connectivity index (χ4v) is 7.69. The van der Waals surface area contributed by atoms with Gasteiger partial charge in [0.15, 0.2) is 9.84 Å². The fourth-order valence-electron chi connectivity index (χ4n) is 5.33. The lowest BCUT2D eigenvalue weighted by Gasteiger charge is -2.49. The molecule has 1 aromatic carbocycles. The summed E-state index contributed by atoms with van der Waals surface area (Å²) in [6, 6.07) is 6.72. The molecule has 1 saturated carbocycles. The lowest BCUT2D eigenvalue weighted by atomic mass is 9.81. The number of carbonyl (C=O) groups is 1. The van der Waals surface area contributed by atoms with E-state index in [0.717, 1.165) is 18.4 Å². The zero-order valence-corrected chi connectivity index (χ0v) is 17.4. The minimum Gasteiger partial charge on any atom is -0.325 e. The number of rotatable bonds is 2. The molecule has 1 spiro atoms. The molecule has 4 aliphatic rings. The number of benzene rings is 1. The highest BCUT2D eigenvalue weighted by Gasteiger charge is 2.64. The van der Waals surface area contributed by atoms with Crippen molar-refractivity contribution in [3.63, 3.8) is 0 Å². The second-order valence-corrected chi connectivity index (χ2v) is 11.7. The molecule has 5 nitrogen and oxygen atoms in total. The maximum atomic E-state index is 13.3. The highest BCUT2D eigenvalue weighted by atomic mass is 32.2. The van der Waals surface area contributed by atoms with E-state index in [1.54, 1.807) is 34.1 Å². The Morgan fingerprint density at radius 3 is 1.97 bits per heavy atom. The number of amides is 2. The van der Waals surface area contributed by atoms with Crippen LogP contribution in [-0.4, -0.2) is 68.1 Å². The van der Waals surface area contributed by atoms with Gasteiger partial charge >= 0.3 is 12.2 Å². The molecule has 164 valence electrons. The maximum Gasteiger partial charge on any atom is 0.398 e. The van der Waals surface area contributed by atoms with Crippen LogP contribution in [0.15, 0.2) is 24.3 Å². The molecule has 3 heterocycles. The van der Waals surface area contributed by atoms with Gasteiger partial charge in [-0.2, -0.15) is 13.2 Å². The standard InChI is InChI=1S/C21H25F3N2O3S/c22-21(23,24)20(5-6-20)17-3-1-15(2-4-17)16-11-26(12-16)18(27)25-9-7-19(8-10-25)13-30(28,29)14-19/h1-4,16H,5-14H2. The van der Waals surface area contributed by atoms with Crippen LogP contribution in [0.3, 0.4) is 0 Å². The Morgan fingerprint density at radius 2 is 1.50 bits per heavy atom. The SMILES string of the molecule is O=C(N1CCC2(CC1)CS(=O)(=O)C2)N1CC(c2ccc(C3(C(F)(F)F)CC3)cc2)C1. The monoisotopic (exact) mass is 442 g/mol. The topological polar surface area (TPSA) is 57.7 Å². The van der Waals surface area contributed by atoms with Crippen LogP contribution in [-0.2, 0) is 15.3 Å². The van der Waals surface area contributed by atoms with Crippen molar-refractivity contribution in [2.75, 3.05) is 37.7 Å². The van der Waals surface area contributed by atoms with Gasteiger partial charge < -0.3 is 9.80 Å². The van der Waals surface area contributed by atoms with Gasteiger partial charge in [0.05, 0.1) is 16.9 Å². The molecule has 3 aliphatic heterocycles. The van der Waals surface area contributed by atoms with E-state index in [4.69, 9.17) is 0 Å². The third-order valence-corrected chi connectivity index (χ3v) is 9.63. The van der Waals surface area contributed by atoms with Crippen LogP contribution < -0.4 is 0 Å². The molecule has 4 fully saturated rings. The first-order chi connectivity index (χ1) is 14.0. The molecule has 0 bridgehead atoms. The van der Waals surface area contributed by atoms with Crippen molar-refractivity contribution in [2.45, 2.75) is 43.2 Å². The number of nitrogens with zero attached hydrogens (tertiary/aromatic N) is 2. The first kappa shape index (κ1) is 20.2. The van der Waals surface area contributed by atoms with Crippen LogP contribution in [0.5, 0.6) is 0 Å². The fraction of sp³-hybridized carbons (Fsp3) is 0.667. The second kappa shape index (κ2) is 6.37. The van der Waals surface area contributed by atoms with E-state index < -0.39 is 21.4 Å². The molecule has 0 unspecified atom stereocenters. The molecule has 1 aliphatic carbocycles. The van der Waals surface area contributed by atoms with Crippen molar-refractivity contribution < 1.29 is 26.4 Å². The Morgan fingerprint density at radius 1 is 0.933 bits per heavy atom. The minimum atomic E-state index is -4.20. The lowest BCUT2D eigenvalue weighted by molar-refractivity contribution is -0.160. The first-order valence-corrected chi connectivity index (χ1v) is 12.3. The Labute approximate surface area is 174 Å². The number of alkyl halides is 3. The number of halogens is 3. The molecule has 0 atom stereocenters. The zero-order valence-electron chi connectivity index (χ0n) is 16.6. The highest BCUT2D eigenvalue weighted by molar-refractivity contribution is 7.92. The maximum absolute atomic E-state index is 13.3. The van der Waals surface area contributed by atoms with Crippen molar-refractivity contribution >= 4 is 15.9 Å². The summed E-state index contributed by atoms with van der Waals surface area (Å²) >= 11 is 0. The quantitative estimate of drug-likeness (QED) is 0.706. The molecule has 0 aromatic heterocycles. The van der Waals surface area contributed by atoms with Gasteiger partial charge in [-0.25, -0.2) is 13.2 Å². The van der Waals surface area contributed by atoms with E-state index in [2.05, 4.69) is 0 Å². The average molecular weight is 443 g/mol. The smallest absolute Gasteiger partial charge is 0.325 e. The van der Waals surface area contributed by atoms with Gasteiger partial charge in [0.1, 0.15) is 0 Å². The summed E-state index contributed by atoms with van der Waals surface area (Å²) in [6.07, 6.45) is -2.42. The van der Waals surface area contributed by atoms with E-state index >= 15 is 0 Å². The van der Waals surface area contributed by atoms with E-state index in [0.29, 0.717) is 31.7 Å². The van der Waals surface area contributed by atoms with Crippen molar-refractivity contribution in [1.82, 2.24) is 9.80 Å². The Balaban J connectivity index is 1.14. The molecule has 0 radical (unpaired) electrons. The molecule has 0 N–H and O–H groups in total. The van der Waals surface area contributed by atoms with Gasteiger partial charge in [-0.3, -0.25) is 0 Å². The largest absolute Gasteiger partial charge is 0.398 e. The Kier molecular flexibility index (Phi) is 4.28. The van der Waals surface area contributed by atoms with E-state index in [9.17, 15) is 26.4 Å². The van der Waals surface area contributed by atoms with Gasteiger partial charge in [-0.05, 0) is 36.8 Å². The summed E-state index contributed by atoms with van der Waals surface area (Å²) in [7, 11) is -2.87.